The van der Waals surface area contributed by atoms with Gasteiger partial charge in [-0.2, -0.15) is 4.98 Å². The summed E-state index contributed by atoms with van der Waals surface area (Å²) in [4.78, 5) is 31.9. The van der Waals surface area contributed by atoms with Crippen LogP contribution in [-0.4, -0.2) is 51.6 Å². The summed E-state index contributed by atoms with van der Waals surface area (Å²) in [7, 11) is 0. The average molecular weight is 373 g/mol. The fraction of sp³-hybridized carbons (Fsp3) is 0.375. The molecule has 27 heavy (non-hydrogen) atoms. The van der Waals surface area contributed by atoms with Gasteiger partial charge in [0, 0.05) is 23.3 Å². The Morgan fingerprint density at radius 1 is 1.44 bits per heavy atom. The summed E-state index contributed by atoms with van der Waals surface area (Å²) >= 11 is 0. The van der Waals surface area contributed by atoms with Crippen LogP contribution >= 0.6 is 0 Å². The van der Waals surface area contributed by atoms with Crippen molar-refractivity contribution in [2.24, 2.45) is 4.99 Å². The number of hydrogen-bond acceptors (Lipinski definition) is 10. The molecule has 0 bridgehead atoms. The standard InChI is InChI=1S/C16H15N5O6/c1-16-11(26-15(24)27-16)8(4-22)25-14(16)21-3-6-7(17)2-9(23)20-12-10(6)13(21)19-5-18-12/h2-3,5,8,11,14,22H,4,17H2,1H3,(H,18,19,20,23)/t8-,11-,14-,16?/m1/s1. The van der Waals surface area contributed by atoms with Crippen molar-refractivity contribution in [2.45, 2.75) is 31.0 Å². The Bertz CT molecular complexity index is 1080. The number of aliphatic hydroxyl groups is 1. The van der Waals surface area contributed by atoms with Gasteiger partial charge in [-0.25, -0.2) is 9.79 Å². The first-order valence-electron chi connectivity index (χ1n) is 8.23. The minimum atomic E-state index is -1.18. The van der Waals surface area contributed by atoms with Gasteiger partial charge < -0.3 is 34.9 Å². The molecule has 140 valence electrons. The van der Waals surface area contributed by atoms with Gasteiger partial charge in [0.1, 0.15) is 17.7 Å². The van der Waals surface area contributed by atoms with Crippen LogP contribution in [0.1, 0.15) is 13.2 Å². The summed E-state index contributed by atoms with van der Waals surface area (Å²) in [6, 6.07) is 1.22. The summed E-state index contributed by atoms with van der Waals surface area (Å²) in [5, 5.41) is 13.5. The van der Waals surface area contributed by atoms with E-state index >= 15 is 0 Å². The SMILES string of the molecule is CC12OC(=O)O[C@@H]1[C@@H](CO)O[C@H]2n1cc2c(N)cc(=O)nc3c2c1N=CN3. The Kier molecular flexibility index (Phi) is 3.07. The lowest BCUT2D eigenvalue weighted by atomic mass is 9.96. The molecule has 0 aliphatic carbocycles. The molecular formula is C16H15N5O6. The summed E-state index contributed by atoms with van der Waals surface area (Å²) < 4.78 is 18.2. The zero-order valence-corrected chi connectivity index (χ0v) is 14.1. The van der Waals surface area contributed by atoms with Crippen molar-refractivity contribution >= 4 is 40.6 Å². The van der Waals surface area contributed by atoms with Crippen molar-refractivity contribution in [3.63, 3.8) is 0 Å². The van der Waals surface area contributed by atoms with E-state index in [0.29, 0.717) is 22.4 Å². The van der Waals surface area contributed by atoms with Crippen LogP contribution in [-0.2, 0) is 14.2 Å². The van der Waals surface area contributed by atoms with Gasteiger partial charge in [-0.1, -0.05) is 0 Å². The first kappa shape index (κ1) is 16.0. The van der Waals surface area contributed by atoms with Crippen molar-refractivity contribution in [1.82, 2.24) is 9.55 Å². The molecule has 11 heteroatoms. The third-order valence-electron chi connectivity index (χ3n) is 5.10. The van der Waals surface area contributed by atoms with E-state index in [1.165, 1.54) is 12.4 Å². The maximum atomic E-state index is 11.9. The normalized spacial score (nSPS) is 30.7. The number of aliphatic hydroxyl groups excluding tert-OH is 1. The second-order valence-electron chi connectivity index (χ2n) is 6.73. The number of aromatic nitrogens is 2. The second-order valence-corrected chi connectivity index (χ2v) is 6.73. The van der Waals surface area contributed by atoms with Gasteiger partial charge in [0.05, 0.1) is 18.3 Å². The molecule has 0 amide bonds. The minimum Gasteiger partial charge on any atom is -0.424 e. The predicted molar refractivity (Wildman–Crippen MR) is 92.9 cm³/mol. The Morgan fingerprint density at radius 2 is 2.26 bits per heavy atom. The Hall–Kier alpha value is -3.18. The van der Waals surface area contributed by atoms with E-state index in [9.17, 15) is 14.7 Å². The lowest BCUT2D eigenvalue weighted by Crippen LogP contribution is -2.41. The molecule has 0 spiro atoms. The number of carbonyl (C=O) groups excluding carboxylic acids is 1. The number of rotatable bonds is 2. The van der Waals surface area contributed by atoms with E-state index in [4.69, 9.17) is 19.9 Å². The van der Waals surface area contributed by atoms with Gasteiger partial charge >= 0.3 is 6.16 Å². The molecule has 3 aliphatic heterocycles. The molecule has 3 aliphatic rings. The van der Waals surface area contributed by atoms with Crippen molar-refractivity contribution in [2.75, 3.05) is 17.7 Å². The number of carbonyl (C=O) groups is 1. The Labute approximate surface area is 151 Å². The fourth-order valence-electron chi connectivity index (χ4n) is 3.92. The van der Waals surface area contributed by atoms with Gasteiger partial charge in [0.2, 0.25) is 0 Å². The number of nitrogens with zero attached hydrogens (tertiary/aromatic N) is 3. The van der Waals surface area contributed by atoms with Gasteiger partial charge in [-0.3, -0.25) is 4.79 Å². The van der Waals surface area contributed by atoms with E-state index in [2.05, 4.69) is 15.3 Å². The van der Waals surface area contributed by atoms with Crippen LogP contribution in [0.25, 0.3) is 10.8 Å². The van der Waals surface area contributed by atoms with Crippen LogP contribution in [0.15, 0.2) is 22.1 Å². The van der Waals surface area contributed by atoms with Gasteiger partial charge in [-0.05, 0) is 6.92 Å². The molecule has 1 unspecified atom stereocenters. The summed E-state index contributed by atoms with van der Waals surface area (Å²) in [5.41, 5.74) is 4.62. The first-order chi connectivity index (χ1) is 12.9. The molecule has 11 nitrogen and oxygen atoms in total. The Morgan fingerprint density at radius 3 is 3.04 bits per heavy atom. The molecule has 0 saturated carbocycles. The van der Waals surface area contributed by atoms with E-state index in [1.54, 1.807) is 17.7 Å². The van der Waals surface area contributed by atoms with Crippen LogP contribution in [0.5, 0.6) is 0 Å². The molecule has 0 radical (unpaired) electrons. The number of aliphatic imine (C=N–C) groups is 1. The first-order valence-corrected chi connectivity index (χ1v) is 8.23. The predicted octanol–water partition coefficient (Wildman–Crippen LogP) is 0.248. The number of fused-ring (bicyclic) bond motifs is 1. The van der Waals surface area contributed by atoms with Gasteiger partial charge in [0.25, 0.3) is 5.56 Å². The summed E-state index contributed by atoms with van der Waals surface area (Å²) in [5.74, 6) is 0.744. The maximum absolute atomic E-state index is 11.9. The van der Waals surface area contributed by atoms with E-state index < -0.39 is 35.8 Å². The highest BCUT2D eigenvalue weighted by atomic mass is 16.8. The van der Waals surface area contributed by atoms with Crippen LogP contribution in [0, 0.1) is 0 Å². The molecule has 4 N–H and O–H groups in total. The molecule has 2 saturated heterocycles. The fourth-order valence-corrected chi connectivity index (χ4v) is 3.92. The highest BCUT2D eigenvalue weighted by molar-refractivity contribution is 6.10. The van der Waals surface area contributed by atoms with E-state index in [1.807, 2.05) is 0 Å². The monoisotopic (exact) mass is 373 g/mol. The van der Waals surface area contributed by atoms with Crippen LogP contribution in [0.3, 0.4) is 0 Å². The molecular weight excluding hydrogens is 358 g/mol. The number of nitrogens with one attached hydrogen (secondary N) is 1. The largest absolute Gasteiger partial charge is 0.509 e. The molecule has 2 fully saturated rings. The molecule has 0 aromatic carbocycles. The highest BCUT2D eigenvalue weighted by Gasteiger charge is 2.64. The third kappa shape index (κ3) is 2.03. The number of ether oxygens (including phenoxy) is 3. The lowest BCUT2D eigenvalue weighted by molar-refractivity contribution is -0.0912. The van der Waals surface area contributed by atoms with Gasteiger partial charge in [0.15, 0.2) is 17.9 Å². The highest BCUT2D eigenvalue weighted by Crippen LogP contribution is 2.50. The number of nitrogen functional groups attached to an aromatic ring is 1. The second kappa shape index (κ2) is 5.18. The van der Waals surface area contributed by atoms with Crippen LogP contribution < -0.4 is 16.6 Å². The molecule has 2 aromatic heterocycles. The van der Waals surface area contributed by atoms with Crippen molar-refractivity contribution < 1.29 is 24.1 Å². The average Bonchev–Trinajstić information content (AvgIpc) is 3.19. The maximum Gasteiger partial charge on any atom is 0.509 e. The van der Waals surface area contributed by atoms with Gasteiger partial charge in [-0.15, -0.1) is 0 Å². The number of nitrogens with two attached hydrogens (primary N) is 1. The van der Waals surface area contributed by atoms with Crippen molar-refractivity contribution in [3.8, 4) is 0 Å². The number of hydrogen-bond donors (Lipinski definition) is 3. The zero-order chi connectivity index (χ0) is 18.9. The quantitative estimate of drug-likeness (QED) is 0.629. The van der Waals surface area contributed by atoms with Crippen molar-refractivity contribution in [1.29, 1.82) is 0 Å². The number of anilines is 2. The van der Waals surface area contributed by atoms with E-state index in [0.717, 1.165) is 0 Å². The smallest absolute Gasteiger partial charge is 0.424 e. The summed E-state index contributed by atoms with van der Waals surface area (Å²) in [6.07, 6.45) is -0.126. The molecule has 5 rings (SSSR count). The Balaban J connectivity index is 1.76. The minimum absolute atomic E-state index is 0.228. The topological polar surface area (TPSA) is 150 Å². The molecule has 5 heterocycles. The van der Waals surface area contributed by atoms with E-state index in [-0.39, 0.29) is 12.3 Å². The third-order valence-corrected chi connectivity index (χ3v) is 5.10. The zero-order valence-electron chi connectivity index (χ0n) is 14.1. The summed E-state index contributed by atoms with van der Waals surface area (Å²) in [6.45, 7) is 1.32. The van der Waals surface area contributed by atoms with Crippen molar-refractivity contribution in [3.05, 3.63) is 22.6 Å². The molecule has 2 aromatic rings. The molecule has 4 atom stereocenters. The lowest BCUT2D eigenvalue weighted by Gasteiger charge is -2.27. The van der Waals surface area contributed by atoms with Crippen LogP contribution in [0.4, 0.5) is 22.1 Å². The van der Waals surface area contributed by atoms with Crippen LogP contribution in [0.2, 0.25) is 0 Å².